The molecule has 0 bridgehead atoms. The number of rotatable bonds is 5. The fourth-order valence-electron chi connectivity index (χ4n) is 4.08. The second-order valence-electron chi connectivity index (χ2n) is 6.78. The Morgan fingerprint density at radius 3 is 2.05 bits per heavy atom. The van der Waals surface area contributed by atoms with Gasteiger partial charge in [0.1, 0.15) is 0 Å². The van der Waals surface area contributed by atoms with Gasteiger partial charge in [0.2, 0.25) is 0 Å². The second-order valence-corrected chi connectivity index (χ2v) is 6.78. The molecule has 0 amide bonds. The van der Waals surface area contributed by atoms with Gasteiger partial charge in [0, 0.05) is 6.54 Å². The van der Waals surface area contributed by atoms with Crippen LogP contribution in [0, 0.1) is 10.8 Å². The summed E-state index contributed by atoms with van der Waals surface area (Å²) in [5.74, 6) is -0.612. The molecule has 19 heavy (non-hydrogen) atoms. The molecule has 3 heteroatoms. The van der Waals surface area contributed by atoms with E-state index in [1.165, 1.54) is 38.5 Å². The minimum absolute atomic E-state index is 0.528. The maximum absolute atomic E-state index is 11.6. The number of carboxylic acid groups (broad SMARTS) is 1. The zero-order chi connectivity index (χ0) is 13.9. The number of aliphatic carboxylic acids is 1. The third-order valence-corrected chi connectivity index (χ3v) is 5.91. The summed E-state index contributed by atoms with van der Waals surface area (Å²) < 4.78 is 0. The van der Waals surface area contributed by atoms with Crippen LogP contribution in [0.3, 0.4) is 0 Å². The van der Waals surface area contributed by atoms with Gasteiger partial charge >= 0.3 is 5.97 Å². The smallest absolute Gasteiger partial charge is 0.310 e. The monoisotopic (exact) mass is 267 g/mol. The average Bonchev–Trinajstić information content (AvgIpc) is 2.87. The van der Waals surface area contributed by atoms with Crippen LogP contribution in [0.2, 0.25) is 0 Å². The first-order chi connectivity index (χ1) is 9.06. The molecule has 2 fully saturated rings. The van der Waals surface area contributed by atoms with Crippen molar-refractivity contribution in [1.29, 1.82) is 0 Å². The molecule has 110 valence electrons. The van der Waals surface area contributed by atoms with Crippen molar-refractivity contribution >= 4 is 5.97 Å². The van der Waals surface area contributed by atoms with E-state index in [-0.39, 0.29) is 0 Å². The molecule has 0 radical (unpaired) electrons. The summed E-state index contributed by atoms with van der Waals surface area (Å²) in [6.07, 6.45) is 9.68. The lowest BCUT2D eigenvalue weighted by molar-refractivity contribution is -0.151. The summed E-state index contributed by atoms with van der Waals surface area (Å²) >= 11 is 0. The van der Waals surface area contributed by atoms with Crippen LogP contribution in [-0.4, -0.2) is 35.6 Å². The van der Waals surface area contributed by atoms with Gasteiger partial charge in [-0.25, -0.2) is 0 Å². The molecule has 1 N–H and O–H groups in total. The van der Waals surface area contributed by atoms with Crippen molar-refractivity contribution < 1.29 is 9.90 Å². The average molecular weight is 267 g/mol. The molecule has 1 saturated heterocycles. The molecule has 2 rings (SSSR count). The van der Waals surface area contributed by atoms with Gasteiger partial charge in [-0.2, -0.15) is 0 Å². The van der Waals surface area contributed by atoms with Crippen molar-refractivity contribution in [3.63, 3.8) is 0 Å². The van der Waals surface area contributed by atoms with Crippen LogP contribution < -0.4 is 0 Å². The van der Waals surface area contributed by atoms with Crippen LogP contribution in [0.4, 0.5) is 0 Å². The van der Waals surface area contributed by atoms with Crippen molar-refractivity contribution in [3.8, 4) is 0 Å². The molecule has 0 aromatic rings. The maximum Gasteiger partial charge on any atom is 0.310 e. The van der Waals surface area contributed by atoms with E-state index >= 15 is 0 Å². The lowest BCUT2D eigenvalue weighted by atomic mass is 9.75. The number of likely N-dealkylation sites (tertiary alicyclic amines) is 1. The standard InChI is InChI=1S/C16H29NO2/c1-3-16(4-2,14(18)19)13-17-11-9-15(10-12-17)7-5-6-8-15/h3-13H2,1-2H3,(H,18,19). The molecule has 2 aliphatic rings. The van der Waals surface area contributed by atoms with Crippen LogP contribution >= 0.6 is 0 Å². The highest BCUT2D eigenvalue weighted by Crippen LogP contribution is 2.46. The van der Waals surface area contributed by atoms with E-state index in [4.69, 9.17) is 0 Å². The Kier molecular flexibility index (Phi) is 4.54. The van der Waals surface area contributed by atoms with E-state index in [2.05, 4.69) is 4.90 Å². The number of carbonyl (C=O) groups is 1. The first-order valence-electron chi connectivity index (χ1n) is 8.02. The Morgan fingerprint density at radius 2 is 1.63 bits per heavy atom. The highest BCUT2D eigenvalue weighted by molar-refractivity contribution is 5.74. The van der Waals surface area contributed by atoms with Crippen molar-refractivity contribution in [2.24, 2.45) is 10.8 Å². The lowest BCUT2D eigenvalue weighted by Gasteiger charge is -2.42. The predicted molar refractivity (Wildman–Crippen MR) is 77.2 cm³/mol. The number of carboxylic acids is 1. The summed E-state index contributed by atoms with van der Waals surface area (Å²) in [5, 5.41) is 9.53. The van der Waals surface area contributed by atoms with E-state index < -0.39 is 11.4 Å². The summed E-state index contributed by atoms with van der Waals surface area (Å²) in [7, 11) is 0. The van der Waals surface area contributed by atoms with Crippen molar-refractivity contribution in [1.82, 2.24) is 4.90 Å². The summed E-state index contributed by atoms with van der Waals surface area (Å²) in [5.41, 5.74) is 0.0982. The SMILES string of the molecule is CCC(CC)(CN1CCC2(CCCC2)CC1)C(=O)O. The second kappa shape index (κ2) is 5.82. The minimum atomic E-state index is -0.612. The zero-order valence-electron chi connectivity index (χ0n) is 12.6. The molecule has 1 spiro atoms. The Labute approximate surface area is 117 Å². The van der Waals surface area contributed by atoms with E-state index in [0.717, 1.165) is 32.5 Å². The summed E-state index contributed by atoms with van der Waals surface area (Å²) in [4.78, 5) is 14.0. The fraction of sp³-hybridized carbons (Fsp3) is 0.938. The van der Waals surface area contributed by atoms with Crippen LogP contribution in [-0.2, 0) is 4.79 Å². The van der Waals surface area contributed by atoms with Crippen molar-refractivity contribution in [3.05, 3.63) is 0 Å². The molecule has 1 aliphatic carbocycles. The molecular formula is C16H29NO2. The third-order valence-electron chi connectivity index (χ3n) is 5.91. The van der Waals surface area contributed by atoms with Crippen molar-refractivity contribution in [2.45, 2.75) is 65.2 Å². The highest BCUT2D eigenvalue weighted by atomic mass is 16.4. The van der Waals surface area contributed by atoms with Gasteiger partial charge in [0.05, 0.1) is 5.41 Å². The Hall–Kier alpha value is -0.570. The van der Waals surface area contributed by atoms with Crippen LogP contribution in [0.5, 0.6) is 0 Å². The molecule has 1 saturated carbocycles. The normalized spacial score (nSPS) is 23.9. The van der Waals surface area contributed by atoms with Gasteiger partial charge in [0.15, 0.2) is 0 Å². The van der Waals surface area contributed by atoms with E-state index in [0.29, 0.717) is 5.41 Å². The largest absolute Gasteiger partial charge is 0.481 e. The molecule has 1 aliphatic heterocycles. The third kappa shape index (κ3) is 2.96. The zero-order valence-corrected chi connectivity index (χ0v) is 12.6. The first-order valence-corrected chi connectivity index (χ1v) is 8.02. The van der Waals surface area contributed by atoms with Crippen molar-refractivity contribution in [2.75, 3.05) is 19.6 Å². The van der Waals surface area contributed by atoms with E-state index in [1.807, 2.05) is 13.8 Å². The molecular weight excluding hydrogens is 238 g/mol. The molecule has 0 atom stereocenters. The van der Waals surface area contributed by atoms with Crippen LogP contribution in [0.25, 0.3) is 0 Å². The lowest BCUT2D eigenvalue weighted by Crippen LogP contribution is -2.47. The number of hydrogen-bond donors (Lipinski definition) is 1. The predicted octanol–water partition coefficient (Wildman–Crippen LogP) is 3.53. The van der Waals surface area contributed by atoms with Gasteiger partial charge in [-0.3, -0.25) is 4.79 Å². The van der Waals surface area contributed by atoms with Gasteiger partial charge in [-0.15, -0.1) is 0 Å². The molecule has 3 nitrogen and oxygen atoms in total. The van der Waals surface area contributed by atoms with Gasteiger partial charge in [-0.1, -0.05) is 26.7 Å². The topological polar surface area (TPSA) is 40.5 Å². The Morgan fingerprint density at radius 1 is 1.11 bits per heavy atom. The minimum Gasteiger partial charge on any atom is -0.481 e. The summed E-state index contributed by atoms with van der Waals surface area (Å²) in [6, 6.07) is 0. The van der Waals surface area contributed by atoms with Crippen LogP contribution in [0.15, 0.2) is 0 Å². The Balaban J connectivity index is 1.92. The molecule has 0 unspecified atom stereocenters. The van der Waals surface area contributed by atoms with E-state index in [1.54, 1.807) is 0 Å². The quantitative estimate of drug-likeness (QED) is 0.828. The highest BCUT2D eigenvalue weighted by Gasteiger charge is 2.41. The Bertz CT molecular complexity index is 307. The number of piperidine rings is 1. The molecule has 0 aromatic carbocycles. The maximum atomic E-state index is 11.6. The van der Waals surface area contributed by atoms with Crippen LogP contribution in [0.1, 0.15) is 65.2 Å². The number of hydrogen-bond acceptors (Lipinski definition) is 2. The first kappa shape index (κ1) is 14.8. The summed E-state index contributed by atoms with van der Waals surface area (Å²) in [6.45, 7) is 6.98. The number of nitrogens with zero attached hydrogens (tertiary/aromatic N) is 1. The van der Waals surface area contributed by atoms with Gasteiger partial charge in [-0.05, 0) is 57.0 Å². The van der Waals surface area contributed by atoms with E-state index in [9.17, 15) is 9.90 Å². The fourth-order valence-corrected chi connectivity index (χ4v) is 4.08. The van der Waals surface area contributed by atoms with Gasteiger partial charge < -0.3 is 10.0 Å². The molecule has 1 heterocycles. The molecule has 0 aromatic heterocycles. The van der Waals surface area contributed by atoms with Gasteiger partial charge in [0.25, 0.3) is 0 Å².